The van der Waals surface area contributed by atoms with Gasteiger partial charge in [-0.05, 0) is 28.4 Å². The van der Waals surface area contributed by atoms with Gasteiger partial charge < -0.3 is 14.3 Å². The van der Waals surface area contributed by atoms with Crippen LogP contribution in [0.4, 0.5) is 0 Å². The van der Waals surface area contributed by atoms with Gasteiger partial charge in [0.1, 0.15) is 11.4 Å². The van der Waals surface area contributed by atoms with E-state index >= 15 is 0 Å². The van der Waals surface area contributed by atoms with Crippen molar-refractivity contribution < 1.29 is 14.3 Å². The van der Waals surface area contributed by atoms with Crippen molar-refractivity contribution in [1.29, 1.82) is 0 Å². The van der Waals surface area contributed by atoms with E-state index in [-0.39, 0.29) is 6.10 Å². The SMILES string of the molecule is CCCC1CC(O)(c2occc2Br)CCO1. The highest BCUT2D eigenvalue weighted by Gasteiger charge is 2.40. The summed E-state index contributed by atoms with van der Waals surface area (Å²) in [7, 11) is 0. The van der Waals surface area contributed by atoms with Gasteiger partial charge in [-0.25, -0.2) is 0 Å². The molecule has 1 aliphatic rings. The first-order valence-corrected chi connectivity index (χ1v) is 6.52. The molecular weight excluding hydrogens is 272 g/mol. The molecule has 2 atom stereocenters. The second-order valence-corrected chi connectivity index (χ2v) is 5.22. The van der Waals surface area contributed by atoms with Crippen LogP contribution in [0.15, 0.2) is 21.2 Å². The van der Waals surface area contributed by atoms with E-state index in [9.17, 15) is 5.11 Å². The Morgan fingerprint density at radius 1 is 1.62 bits per heavy atom. The summed E-state index contributed by atoms with van der Waals surface area (Å²) in [4.78, 5) is 0. The lowest BCUT2D eigenvalue weighted by Gasteiger charge is -2.35. The largest absolute Gasteiger partial charge is 0.465 e. The molecule has 1 aliphatic heterocycles. The van der Waals surface area contributed by atoms with Crippen molar-refractivity contribution in [3.8, 4) is 0 Å². The third kappa shape index (κ3) is 2.34. The van der Waals surface area contributed by atoms with Gasteiger partial charge in [0.25, 0.3) is 0 Å². The van der Waals surface area contributed by atoms with Crippen LogP contribution < -0.4 is 0 Å². The van der Waals surface area contributed by atoms with E-state index in [1.807, 2.05) is 6.07 Å². The van der Waals surface area contributed by atoms with Crippen LogP contribution >= 0.6 is 15.9 Å². The first kappa shape index (κ1) is 12.1. The lowest BCUT2D eigenvalue weighted by atomic mass is 9.87. The molecule has 1 N–H and O–H groups in total. The minimum atomic E-state index is -0.875. The number of hydrogen-bond donors (Lipinski definition) is 1. The molecule has 2 unspecified atom stereocenters. The topological polar surface area (TPSA) is 42.6 Å². The average Bonchev–Trinajstić information content (AvgIpc) is 2.66. The summed E-state index contributed by atoms with van der Waals surface area (Å²) in [5.74, 6) is 0.636. The van der Waals surface area contributed by atoms with Crippen molar-refractivity contribution in [3.05, 3.63) is 22.6 Å². The van der Waals surface area contributed by atoms with E-state index in [1.165, 1.54) is 0 Å². The highest BCUT2D eigenvalue weighted by molar-refractivity contribution is 9.10. The monoisotopic (exact) mass is 288 g/mol. The first-order valence-electron chi connectivity index (χ1n) is 5.73. The normalized spacial score (nSPS) is 30.6. The lowest BCUT2D eigenvalue weighted by Crippen LogP contribution is -2.38. The van der Waals surface area contributed by atoms with Crippen LogP contribution in [0.2, 0.25) is 0 Å². The summed E-state index contributed by atoms with van der Waals surface area (Å²) < 4.78 is 11.9. The Labute approximate surface area is 104 Å². The maximum absolute atomic E-state index is 10.6. The molecule has 0 radical (unpaired) electrons. The Hall–Kier alpha value is -0.320. The van der Waals surface area contributed by atoms with Crippen LogP contribution in [-0.2, 0) is 10.3 Å². The van der Waals surface area contributed by atoms with Gasteiger partial charge in [0.15, 0.2) is 0 Å². The maximum Gasteiger partial charge on any atom is 0.149 e. The fourth-order valence-electron chi connectivity index (χ4n) is 2.27. The van der Waals surface area contributed by atoms with Gasteiger partial charge >= 0.3 is 0 Å². The second kappa shape index (κ2) is 4.90. The van der Waals surface area contributed by atoms with Crippen molar-refractivity contribution in [2.75, 3.05) is 6.61 Å². The molecule has 16 heavy (non-hydrogen) atoms. The molecule has 0 aromatic carbocycles. The van der Waals surface area contributed by atoms with E-state index < -0.39 is 5.60 Å². The highest BCUT2D eigenvalue weighted by Crippen LogP contribution is 2.39. The smallest absolute Gasteiger partial charge is 0.149 e. The molecule has 0 amide bonds. The Bertz CT molecular complexity index is 348. The Morgan fingerprint density at radius 2 is 2.44 bits per heavy atom. The molecule has 1 fully saturated rings. The summed E-state index contributed by atoms with van der Waals surface area (Å²) in [6.45, 7) is 2.72. The molecule has 1 aromatic rings. The predicted molar refractivity (Wildman–Crippen MR) is 64.2 cm³/mol. The van der Waals surface area contributed by atoms with Crippen LogP contribution in [0.25, 0.3) is 0 Å². The number of hydrogen-bond acceptors (Lipinski definition) is 3. The summed E-state index contributed by atoms with van der Waals surface area (Å²) in [5.41, 5.74) is -0.875. The van der Waals surface area contributed by atoms with Crippen molar-refractivity contribution in [3.63, 3.8) is 0 Å². The minimum absolute atomic E-state index is 0.140. The quantitative estimate of drug-likeness (QED) is 0.929. The molecule has 4 heteroatoms. The van der Waals surface area contributed by atoms with Gasteiger partial charge in [-0.15, -0.1) is 0 Å². The average molecular weight is 289 g/mol. The molecular formula is C12H17BrO3. The van der Waals surface area contributed by atoms with Gasteiger partial charge in [-0.2, -0.15) is 0 Å². The van der Waals surface area contributed by atoms with Crippen molar-refractivity contribution >= 4 is 15.9 Å². The van der Waals surface area contributed by atoms with Crippen LogP contribution in [0.1, 0.15) is 38.4 Å². The van der Waals surface area contributed by atoms with Gasteiger partial charge in [0.05, 0.1) is 23.4 Å². The molecule has 0 saturated carbocycles. The Morgan fingerprint density at radius 3 is 3.06 bits per heavy atom. The molecule has 1 aromatic heterocycles. The Balaban J connectivity index is 2.15. The van der Waals surface area contributed by atoms with E-state index in [0.717, 1.165) is 17.3 Å². The van der Waals surface area contributed by atoms with E-state index in [1.54, 1.807) is 6.26 Å². The molecule has 1 saturated heterocycles. The molecule has 2 rings (SSSR count). The van der Waals surface area contributed by atoms with E-state index in [4.69, 9.17) is 9.15 Å². The summed E-state index contributed by atoms with van der Waals surface area (Å²) in [6, 6.07) is 1.82. The second-order valence-electron chi connectivity index (χ2n) is 4.36. The first-order chi connectivity index (χ1) is 7.65. The van der Waals surface area contributed by atoms with E-state index in [0.29, 0.717) is 25.2 Å². The van der Waals surface area contributed by atoms with Crippen molar-refractivity contribution in [2.45, 2.75) is 44.3 Å². The van der Waals surface area contributed by atoms with Gasteiger partial charge in [-0.3, -0.25) is 0 Å². The number of rotatable bonds is 3. The minimum Gasteiger partial charge on any atom is -0.465 e. The van der Waals surface area contributed by atoms with Crippen LogP contribution in [0.3, 0.4) is 0 Å². The summed E-state index contributed by atoms with van der Waals surface area (Å²) in [6.07, 6.45) is 5.01. The molecule has 3 nitrogen and oxygen atoms in total. The highest BCUT2D eigenvalue weighted by atomic mass is 79.9. The number of halogens is 1. The number of furan rings is 1. The van der Waals surface area contributed by atoms with Gasteiger partial charge in [0, 0.05) is 12.8 Å². The summed E-state index contributed by atoms with van der Waals surface area (Å²) >= 11 is 3.40. The van der Waals surface area contributed by atoms with E-state index in [2.05, 4.69) is 22.9 Å². The molecule has 2 heterocycles. The molecule has 90 valence electrons. The number of aliphatic hydroxyl groups is 1. The maximum atomic E-state index is 10.6. The molecule has 0 bridgehead atoms. The zero-order valence-electron chi connectivity index (χ0n) is 9.41. The predicted octanol–water partition coefficient (Wildman–Crippen LogP) is 3.21. The molecule has 0 aliphatic carbocycles. The zero-order valence-corrected chi connectivity index (χ0v) is 11.0. The number of ether oxygens (including phenoxy) is 1. The van der Waals surface area contributed by atoms with Crippen LogP contribution in [0.5, 0.6) is 0 Å². The fraction of sp³-hybridized carbons (Fsp3) is 0.667. The fourth-order valence-corrected chi connectivity index (χ4v) is 2.84. The van der Waals surface area contributed by atoms with Crippen LogP contribution in [0, 0.1) is 0 Å². The zero-order chi connectivity index (χ0) is 11.6. The van der Waals surface area contributed by atoms with Crippen molar-refractivity contribution in [2.24, 2.45) is 0 Å². The molecule has 0 spiro atoms. The van der Waals surface area contributed by atoms with Gasteiger partial charge in [0.2, 0.25) is 0 Å². The lowest BCUT2D eigenvalue weighted by molar-refractivity contribution is -0.119. The third-order valence-electron chi connectivity index (χ3n) is 3.09. The standard InChI is InChI=1S/C12H17BrO3/c1-2-3-9-8-12(14,5-7-15-9)11-10(13)4-6-16-11/h4,6,9,14H,2-3,5,7-8H2,1H3. The van der Waals surface area contributed by atoms with Crippen molar-refractivity contribution in [1.82, 2.24) is 0 Å². The Kier molecular flexibility index (Phi) is 3.72. The third-order valence-corrected chi connectivity index (χ3v) is 3.71. The summed E-state index contributed by atoms with van der Waals surface area (Å²) in [5, 5.41) is 10.6. The van der Waals surface area contributed by atoms with Crippen LogP contribution in [-0.4, -0.2) is 17.8 Å². The van der Waals surface area contributed by atoms with Gasteiger partial charge in [-0.1, -0.05) is 13.3 Å².